The molecule has 0 aliphatic heterocycles. The molecule has 0 heterocycles. The van der Waals surface area contributed by atoms with Crippen molar-refractivity contribution in [2.75, 3.05) is 13.2 Å². The highest BCUT2D eigenvalue weighted by molar-refractivity contribution is 5.71. The highest BCUT2D eigenvalue weighted by Crippen LogP contribution is 2.15. The van der Waals surface area contributed by atoms with Gasteiger partial charge in [-0.25, -0.2) is 0 Å². The molecule has 0 unspecified atom stereocenters. The molecule has 0 aliphatic rings. The van der Waals surface area contributed by atoms with Gasteiger partial charge in [-0.3, -0.25) is 14.4 Å². The molecule has 0 N–H and O–H groups in total. The summed E-state index contributed by atoms with van der Waals surface area (Å²) in [6, 6.07) is 0. The van der Waals surface area contributed by atoms with Crippen molar-refractivity contribution >= 4 is 17.9 Å². The molecule has 0 aromatic carbocycles. The Labute approximate surface area is 366 Å². The molecule has 0 saturated carbocycles. The zero-order chi connectivity index (χ0) is 43.0. The number of unbranched alkanes of at least 4 members (excludes halogenated alkanes) is 32. The molecular weight excluding hydrogens is 733 g/mol. The third-order valence-corrected chi connectivity index (χ3v) is 11.4. The Morgan fingerprint density at radius 3 is 0.898 bits per heavy atom. The number of hydrogen-bond acceptors (Lipinski definition) is 6. The fraction of sp³-hybridized carbons (Fsp3) is 0.868. The molecule has 0 rings (SSSR count). The Hall–Kier alpha value is -2.11. The second-order valence-electron chi connectivity index (χ2n) is 17.4. The van der Waals surface area contributed by atoms with E-state index in [0.717, 1.165) is 64.2 Å². The fourth-order valence-electron chi connectivity index (χ4n) is 7.48. The lowest BCUT2D eigenvalue weighted by molar-refractivity contribution is -0.167. The van der Waals surface area contributed by atoms with E-state index < -0.39 is 6.10 Å². The van der Waals surface area contributed by atoms with Crippen molar-refractivity contribution in [2.24, 2.45) is 0 Å². The zero-order valence-corrected chi connectivity index (χ0v) is 39.5. The summed E-state index contributed by atoms with van der Waals surface area (Å²) in [4.78, 5) is 37.9. The van der Waals surface area contributed by atoms with Gasteiger partial charge >= 0.3 is 17.9 Å². The summed E-state index contributed by atoms with van der Waals surface area (Å²) in [5.74, 6) is -0.875. The summed E-state index contributed by atoms with van der Waals surface area (Å²) in [5, 5.41) is 0. The van der Waals surface area contributed by atoms with Crippen molar-refractivity contribution < 1.29 is 28.6 Å². The Bertz CT molecular complexity index is 958. The van der Waals surface area contributed by atoms with Gasteiger partial charge in [-0.15, -0.1) is 0 Å². The molecule has 0 bridgehead atoms. The van der Waals surface area contributed by atoms with E-state index in [-0.39, 0.29) is 31.1 Å². The number of carbonyl (C=O) groups excluding carboxylic acids is 3. The van der Waals surface area contributed by atoms with Crippen molar-refractivity contribution in [3.8, 4) is 0 Å². The summed E-state index contributed by atoms with van der Waals surface area (Å²) in [6.07, 6.45) is 54.4. The number of hydrogen-bond donors (Lipinski definition) is 0. The average Bonchev–Trinajstić information content (AvgIpc) is 3.23. The van der Waals surface area contributed by atoms with E-state index in [1.807, 2.05) is 0 Å². The Balaban J connectivity index is 4.33. The van der Waals surface area contributed by atoms with Gasteiger partial charge in [-0.05, 0) is 64.2 Å². The predicted octanol–water partition coefficient (Wildman–Crippen LogP) is 16.8. The molecule has 6 heteroatoms. The molecule has 0 aliphatic carbocycles. The summed E-state index contributed by atoms with van der Waals surface area (Å²) in [5.41, 5.74) is 0. The van der Waals surface area contributed by atoms with E-state index >= 15 is 0 Å². The van der Waals surface area contributed by atoms with Crippen LogP contribution in [-0.2, 0) is 28.6 Å². The SMILES string of the molecule is CCCC/C=C\CCCCCCCC(=O)OC[C@H](COC(=O)CCCCCCCCCCCCCCC)OC(=O)CCCCCCCCC/C=C\CCCCCCCC. The van der Waals surface area contributed by atoms with Crippen molar-refractivity contribution in [1.82, 2.24) is 0 Å². The van der Waals surface area contributed by atoms with Crippen LogP contribution in [0.25, 0.3) is 0 Å². The van der Waals surface area contributed by atoms with E-state index in [1.54, 1.807) is 0 Å². The molecular formula is C53H98O6. The van der Waals surface area contributed by atoms with Gasteiger partial charge in [0.1, 0.15) is 13.2 Å². The lowest BCUT2D eigenvalue weighted by Gasteiger charge is -2.18. The maximum Gasteiger partial charge on any atom is 0.306 e. The van der Waals surface area contributed by atoms with Gasteiger partial charge < -0.3 is 14.2 Å². The van der Waals surface area contributed by atoms with Crippen LogP contribution in [0.2, 0.25) is 0 Å². The maximum absolute atomic E-state index is 12.8. The van der Waals surface area contributed by atoms with Crippen LogP contribution in [0.5, 0.6) is 0 Å². The predicted molar refractivity (Wildman–Crippen MR) is 252 cm³/mol. The summed E-state index contributed by atoms with van der Waals surface area (Å²) >= 11 is 0. The third kappa shape index (κ3) is 46.8. The number of ether oxygens (including phenoxy) is 3. The Morgan fingerprint density at radius 2 is 0.576 bits per heavy atom. The Kier molecular flexibility index (Phi) is 46.8. The molecule has 0 saturated heterocycles. The minimum atomic E-state index is -0.771. The molecule has 0 spiro atoms. The molecule has 0 aromatic heterocycles. The minimum absolute atomic E-state index is 0.0720. The number of carbonyl (C=O) groups is 3. The van der Waals surface area contributed by atoms with Gasteiger partial charge in [0, 0.05) is 19.3 Å². The maximum atomic E-state index is 12.8. The van der Waals surface area contributed by atoms with E-state index in [0.29, 0.717) is 19.3 Å². The number of allylic oxidation sites excluding steroid dienone is 4. The largest absolute Gasteiger partial charge is 0.462 e. The van der Waals surface area contributed by atoms with Crippen LogP contribution in [0.15, 0.2) is 24.3 Å². The molecule has 59 heavy (non-hydrogen) atoms. The molecule has 0 amide bonds. The van der Waals surface area contributed by atoms with Crippen molar-refractivity contribution in [3.63, 3.8) is 0 Å². The topological polar surface area (TPSA) is 78.9 Å². The third-order valence-electron chi connectivity index (χ3n) is 11.4. The Morgan fingerprint density at radius 1 is 0.322 bits per heavy atom. The van der Waals surface area contributed by atoms with Gasteiger partial charge in [-0.2, -0.15) is 0 Å². The van der Waals surface area contributed by atoms with Gasteiger partial charge in [0.05, 0.1) is 0 Å². The van der Waals surface area contributed by atoms with E-state index in [4.69, 9.17) is 14.2 Å². The van der Waals surface area contributed by atoms with Crippen molar-refractivity contribution in [2.45, 2.75) is 284 Å². The molecule has 6 nitrogen and oxygen atoms in total. The number of esters is 3. The molecule has 1 atom stereocenters. The van der Waals surface area contributed by atoms with E-state index in [2.05, 4.69) is 45.1 Å². The van der Waals surface area contributed by atoms with Crippen LogP contribution >= 0.6 is 0 Å². The summed E-state index contributed by atoms with van der Waals surface area (Å²) in [6.45, 7) is 6.61. The minimum Gasteiger partial charge on any atom is -0.462 e. The molecule has 0 fully saturated rings. The standard InChI is InChI=1S/C53H98O6/c1-4-7-10-13-16-19-22-24-25-26-27-29-32-35-38-41-44-47-53(56)59-50(48-57-51(54)45-42-39-36-33-30-21-18-15-12-9-6-3)49-58-52(55)46-43-40-37-34-31-28-23-20-17-14-11-8-5-2/h15,18,24-25,50H,4-14,16-17,19-23,26-49H2,1-3H3/b18-15-,25-24-/t50-/m1/s1. The molecule has 0 radical (unpaired) electrons. The van der Waals surface area contributed by atoms with E-state index in [9.17, 15) is 14.4 Å². The zero-order valence-electron chi connectivity index (χ0n) is 39.5. The summed E-state index contributed by atoms with van der Waals surface area (Å²) in [7, 11) is 0. The first-order chi connectivity index (χ1) is 29.0. The highest BCUT2D eigenvalue weighted by Gasteiger charge is 2.19. The average molecular weight is 831 g/mol. The van der Waals surface area contributed by atoms with Crippen LogP contribution in [0, 0.1) is 0 Å². The van der Waals surface area contributed by atoms with Crippen LogP contribution in [-0.4, -0.2) is 37.2 Å². The van der Waals surface area contributed by atoms with E-state index in [1.165, 1.54) is 173 Å². The smallest absolute Gasteiger partial charge is 0.306 e. The molecule has 346 valence electrons. The van der Waals surface area contributed by atoms with Gasteiger partial charge in [0.15, 0.2) is 6.10 Å². The van der Waals surface area contributed by atoms with Gasteiger partial charge in [0.2, 0.25) is 0 Å². The highest BCUT2D eigenvalue weighted by atomic mass is 16.6. The van der Waals surface area contributed by atoms with Crippen LogP contribution < -0.4 is 0 Å². The second kappa shape index (κ2) is 48.6. The fourth-order valence-corrected chi connectivity index (χ4v) is 7.48. The number of rotatable bonds is 47. The first-order valence-corrected chi connectivity index (χ1v) is 25.8. The lowest BCUT2D eigenvalue weighted by atomic mass is 10.0. The molecule has 0 aromatic rings. The van der Waals surface area contributed by atoms with Crippen molar-refractivity contribution in [1.29, 1.82) is 0 Å². The lowest BCUT2D eigenvalue weighted by Crippen LogP contribution is -2.30. The first-order valence-electron chi connectivity index (χ1n) is 25.8. The van der Waals surface area contributed by atoms with Crippen molar-refractivity contribution in [3.05, 3.63) is 24.3 Å². The second-order valence-corrected chi connectivity index (χ2v) is 17.4. The first kappa shape index (κ1) is 56.9. The normalized spacial score (nSPS) is 12.1. The van der Waals surface area contributed by atoms with Gasteiger partial charge in [-0.1, -0.05) is 218 Å². The monoisotopic (exact) mass is 831 g/mol. The summed E-state index contributed by atoms with van der Waals surface area (Å²) < 4.78 is 16.8. The van der Waals surface area contributed by atoms with Crippen LogP contribution in [0.1, 0.15) is 278 Å². The van der Waals surface area contributed by atoms with Gasteiger partial charge in [0.25, 0.3) is 0 Å². The quantitative estimate of drug-likeness (QED) is 0.0263. The van der Waals surface area contributed by atoms with Crippen LogP contribution in [0.4, 0.5) is 0 Å². The van der Waals surface area contributed by atoms with Crippen LogP contribution in [0.3, 0.4) is 0 Å².